The molecule has 0 aliphatic carbocycles. The fourth-order valence-electron chi connectivity index (χ4n) is 2.06. The van der Waals surface area contributed by atoms with E-state index in [4.69, 9.17) is 0 Å². The van der Waals surface area contributed by atoms with Gasteiger partial charge in [0.2, 0.25) is 0 Å². The van der Waals surface area contributed by atoms with E-state index >= 15 is 0 Å². The lowest BCUT2D eigenvalue weighted by Crippen LogP contribution is -2.49. The summed E-state index contributed by atoms with van der Waals surface area (Å²) in [7, 11) is -3.28. The maximum atomic E-state index is 12.5. The summed E-state index contributed by atoms with van der Waals surface area (Å²) in [5.41, 5.74) is 0. The van der Waals surface area contributed by atoms with E-state index in [0.29, 0.717) is 4.90 Å². The smallest absolute Gasteiger partial charge is 0.194 e. The van der Waals surface area contributed by atoms with Gasteiger partial charge in [-0.2, -0.15) is 0 Å². The molecule has 0 amide bonds. The van der Waals surface area contributed by atoms with Gasteiger partial charge in [0.05, 0.1) is 4.90 Å². The van der Waals surface area contributed by atoms with E-state index in [9.17, 15) is 8.42 Å². The molecular formula is C12H17BrN2O2S. The molecule has 0 aromatic heterocycles. The molecule has 1 fully saturated rings. The van der Waals surface area contributed by atoms with Gasteiger partial charge in [0.25, 0.3) is 0 Å². The van der Waals surface area contributed by atoms with Crippen molar-refractivity contribution in [3.05, 3.63) is 28.7 Å². The fraction of sp³-hybridized carbons (Fsp3) is 0.500. The van der Waals surface area contributed by atoms with Gasteiger partial charge >= 0.3 is 0 Å². The van der Waals surface area contributed by atoms with E-state index in [1.807, 2.05) is 4.90 Å². The first kappa shape index (κ1) is 14.0. The van der Waals surface area contributed by atoms with Crippen molar-refractivity contribution in [1.82, 2.24) is 10.2 Å². The van der Waals surface area contributed by atoms with Gasteiger partial charge in [0.15, 0.2) is 9.84 Å². The molecule has 18 heavy (non-hydrogen) atoms. The molecule has 1 aromatic carbocycles. The summed E-state index contributed by atoms with van der Waals surface area (Å²) in [4.78, 5) is 2.39. The molecule has 1 N–H and O–H groups in total. The van der Waals surface area contributed by atoms with Crippen LogP contribution >= 0.6 is 15.9 Å². The molecule has 1 unspecified atom stereocenters. The van der Waals surface area contributed by atoms with Crippen molar-refractivity contribution in [2.24, 2.45) is 0 Å². The number of hydrogen-bond donors (Lipinski definition) is 1. The Kier molecular flexibility index (Phi) is 4.42. The Labute approximate surface area is 116 Å². The summed E-state index contributed by atoms with van der Waals surface area (Å²) in [5, 5.41) is 2.75. The third kappa shape index (κ3) is 2.93. The van der Waals surface area contributed by atoms with Gasteiger partial charge in [-0.15, -0.1) is 0 Å². The van der Waals surface area contributed by atoms with Crippen LogP contribution in [0.4, 0.5) is 0 Å². The van der Waals surface area contributed by atoms with Crippen LogP contribution < -0.4 is 5.32 Å². The summed E-state index contributed by atoms with van der Waals surface area (Å²) in [6.07, 6.45) is 0. The first-order chi connectivity index (χ1) is 8.51. The van der Waals surface area contributed by atoms with Gasteiger partial charge in [-0.1, -0.05) is 15.9 Å². The Balaban J connectivity index is 2.21. The van der Waals surface area contributed by atoms with E-state index in [1.54, 1.807) is 31.2 Å². The zero-order valence-electron chi connectivity index (χ0n) is 10.3. The van der Waals surface area contributed by atoms with Crippen LogP contribution in [0.2, 0.25) is 0 Å². The maximum Gasteiger partial charge on any atom is 0.194 e. The second kappa shape index (κ2) is 5.69. The number of piperazine rings is 1. The standard InChI is InChI=1S/C12H17BrN2O2S/c1-10(15-8-6-14-7-9-15)18(16,17)12-4-2-11(13)3-5-12/h2-5,10,14H,6-9H2,1H3. The van der Waals surface area contributed by atoms with Gasteiger partial charge in [-0.25, -0.2) is 8.42 Å². The number of hydrogen-bond acceptors (Lipinski definition) is 4. The maximum absolute atomic E-state index is 12.5. The molecule has 4 nitrogen and oxygen atoms in total. The largest absolute Gasteiger partial charge is 0.314 e. The van der Waals surface area contributed by atoms with E-state index in [-0.39, 0.29) is 0 Å². The highest BCUT2D eigenvalue weighted by molar-refractivity contribution is 9.10. The molecule has 1 aromatic rings. The molecular weight excluding hydrogens is 316 g/mol. The summed E-state index contributed by atoms with van der Waals surface area (Å²) < 4.78 is 25.8. The minimum Gasteiger partial charge on any atom is -0.314 e. The lowest BCUT2D eigenvalue weighted by Gasteiger charge is -2.32. The molecule has 2 rings (SSSR count). The van der Waals surface area contributed by atoms with Gasteiger partial charge in [0.1, 0.15) is 5.37 Å². The molecule has 0 saturated carbocycles. The van der Waals surface area contributed by atoms with Crippen LogP contribution in [0.15, 0.2) is 33.6 Å². The monoisotopic (exact) mass is 332 g/mol. The Bertz CT molecular complexity index is 495. The number of benzene rings is 1. The van der Waals surface area contributed by atoms with Crippen LogP contribution in [0, 0.1) is 0 Å². The van der Waals surface area contributed by atoms with Crippen LogP contribution in [0.3, 0.4) is 0 Å². The second-order valence-electron chi connectivity index (χ2n) is 4.38. The van der Waals surface area contributed by atoms with Crippen molar-refractivity contribution in [2.45, 2.75) is 17.2 Å². The number of rotatable bonds is 3. The Morgan fingerprint density at radius 1 is 1.22 bits per heavy atom. The molecule has 6 heteroatoms. The Hall–Kier alpha value is -0.430. The normalized spacial score (nSPS) is 19.7. The van der Waals surface area contributed by atoms with Crippen LogP contribution in [0.5, 0.6) is 0 Å². The quantitative estimate of drug-likeness (QED) is 0.910. The minimum absolute atomic E-state index is 0.386. The number of sulfone groups is 1. The van der Waals surface area contributed by atoms with Gasteiger partial charge < -0.3 is 5.32 Å². The van der Waals surface area contributed by atoms with Crippen LogP contribution in [0.25, 0.3) is 0 Å². The van der Waals surface area contributed by atoms with Crippen molar-refractivity contribution in [1.29, 1.82) is 0 Å². The zero-order chi connectivity index (χ0) is 13.2. The molecule has 1 aliphatic heterocycles. The lowest BCUT2D eigenvalue weighted by atomic mass is 10.4. The highest BCUT2D eigenvalue weighted by atomic mass is 79.9. The average Bonchev–Trinajstić information content (AvgIpc) is 2.39. The van der Waals surface area contributed by atoms with Crippen molar-refractivity contribution in [3.8, 4) is 0 Å². The summed E-state index contributed by atoms with van der Waals surface area (Å²) in [6, 6.07) is 6.82. The van der Waals surface area contributed by atoms with Crippen molar-refractivity contribution in [3.63, 3.8) is 0 Å². The third-order valence-electron chi connectivity index (χ3n) is 3.26. The summed E-state index contributed by atoms with van der Waals surface area (Å²) in [6.45, 7) is 5.01. The first-order valence-corrected chi connectivity index (χ1v) is 8.30. The van der Waals surface area contributed by atoms with E-state index in [0.717, 1.165) is 30.7 Å². The Morgan fingerprint density at radius 2 is 1.78 bits per heavy atom. The van der Waals surface area contributed by atoms with E-state index in [2.05, 4.69) is 21.2 Å². The summed E-state index contributed by atoms with van der Waals surface area (Å²) in [5.74, 6) is 0. The average molecular weight is 333 g/mol. The predicted octanol–water partition coefficient (Wildman–Crippen LogP) is 1.47. The van der Waals surface area contributed by atoms with E-state index < -0.39 is 15.2 Å². The highest BCUT2D eigenvalue weighted by Crippen LogP contribution is 2.21. The SMILES string of the molecule is CC(N1CCNCC1)S(=O)(=O)c1ccc(Br)cc1. The number of nitrogens with one attached hydrogen (secondary N) is 1. The van der Waals surface area contributed by atoms with Crippen LogP contribution in [0.1, 0.15) is 6.92 Å². The van der Waals surface area contributed by atoms with Crippen LogP contribution in [-0.4, -0.2) is 44.9 Å². The Morgan fingerprint density at radius 3 is 2.33 bits per heavy atom. The lowest BCUT2D eigenvalue weighted by molar-refractivity contribution is 0.227. The highest BCUT2D eigenvalue weighted by Gasteiger charge is 2.29. The number of nitrogens with zero attached hydrogens (tertiary/aromatic N) is 1. The third-order valence-corrected chi connectivity index (χ3v) is 5.91. The zero-order valence-corrected chi connectivity index (χ0v) is 12.7. The predicted molar refractivity (Wildman–Crippen MR) is 75.2 cm³/mol. The molecule has 1 saturated heterocycles. The summed E-state index contributed by atoms with van der Waals surface area (Å²) >= 11 is 3.31. The molecule has 100 valence electrons. The van der Waals surface area contributed by atoms with Gasteiger partial charge in [-0.05, 0) is 31.2 Å². The second-order valence-corrected chi connectivity index (χ2v) is 7.54. The molecule has 1 aliphatic rings. The van der Waals surface area contributed by atoms with Crippen LogP contribution in [-0.2, 0) is 9.84 Å². The van der Waals surface area contributed by atoms with Crippen molar-refractivity contribution >= 4 is 25.8 Å². The molecule has 1 heterocycles. The molecule has 0 radical (unpaired) electrons. The number of halogens is 1. The molecule has 0 spiro atoms. The fourth-order valence-corrected chi connectivity index (χ4v) is 3.84. The van der Waals surface area contributed by atoms with Gasteiger partial charge in [-0.3, -0.25) is 4.90 Å². The topological polar surface area (TPSA) is 49.4 Å². The minimum atomic E-state index is -3.28. The first-order valence-electron chi connectivity index (χ1n) is 5.96. The van der Waals surface area contributed by atoms with Gasteiger partial charge in [0, 0.05) is 30.7 Å². The molecule has 1 atom stereocenters. The van der Waals surface area contributed by atoms with Crippen molar-refractivity contribution < 1.29 is 8.42 Å². The molecule has 0 bridgehead atoms. The van der Waals surface area contributed by atoms with E-state index in [1.165, 1.54) is 0 Å². The van der Waals surface area contributed by atoms with Crippen molar-refractivity contribution in [2.75, 3.05) is 26.2 Å².